The van der Waals surface area contributed by atoms with Crippen molar-refractivity contribution < 1.29 is 14.6 Å². The van der Waals surface area contributed by atoms with Gasteiger partial charge in [-0.1, -0.05) is 13.8 Å². The molecule has 0 unspecified atom stereocenters. The Bertz CT molecular complexity index is 305. The van der Waals surface area contributed by atoms with Gasteiger partial charge in [0.2, 0.25) is 5.91 Å². The maximum absolute atomic E-state index is 11.6. The third-order valence-corrected chi connectivity index (χ3v) is 3.93. The van der Waals surface area contributed by atoms with E-state index in [1.165, 1.54) is 0 Å². The quantitative estimate of drug-likeness (QED) is 0.716. The monoisotopic (exact) mass is 258 g/mol. The second-order valence-electron chi connectivity index (χ2n) is 5.92. The Morgan fingerprint density at radius 1 is 1.50 bits per heavy atom. The molecule has 5 heteroatoms. The lowest BCUT2D eigenvalue weighted by Gasteiger charge is -2.57. The summed E-state index contributed by atoms with van der Waals surface area (Å²) in [5.74, 6) is -0.0657. The lowest BCUT2D eigenvalue weighted by atomic mass is 9.56. The molecule has 106 valence electrons. The summed E-state index contributed by atoms with van der Waals surface area (Å²) in [7, 11) is 3.68. The van der Waals surface area contributed by atoms with Crippen LogP contribution in [-0.2, 0) is 9.53 Å². The van der Waals surface area contributed by atoms with E-state index in [2.05, 4.69) is 5.32 Å². The van der Waals surface area contributed by atoms with Gasteiger partial charge in [-0.05, 0) is 21.0 Å². The number of likely N-dealkylation sites (N-methyl/N-ethyl adjacent to an activating group) is 1. The zero-order valence-electron chi connectivity index (χ0n) is 12.1. The lowest BCUT2D eigenvalue weighted by Crippen LogP contribution is -2.68. The van der Waals surface area contributed by atoms with Crippen molar-refractivity contribution in [1.82, 2.24) is 10.2 Å². The van der Waals surface area contributed by atoms with Gasteiger partial charge in [-0.2, -0.15) is 0 Å². The maximum atomic E-state index is 11.6. The Morgan fingerprint density at radius 2 is 2.11 bits per heavy atom. The van der Waals surface area contributed by atoms with Crippen LogP contribution in [0.25, 0.3) is 0 Å². The summed E-state index contributed by atoms with van der Waals surface area (Å²) in [6.45, 7) is 7.19. The van der Waals surface area contributed by atoms with Gasteiger partial charge in [-0.15, -0.1) is 0 Å². The van der Waals surface area contributed by atoms with Crippen LogP contribution in [-0.4, -0.2) is 61.4 Å². The summed E-state index contributed by atoms with van der Waals surface area (Å²) in [5, 5.41) is 13.3. The van der Waals surface area contributed by atoms with Gasteiger partial charge in [-0.3, -0.25) is 4.79 Å². The highest BCUT2D eigenvalue weighted by atomic mass is 16.5. The summed E-state index contributed by atoms with van der Waals surface area (Å²) >= 11 is 0. The molecule has 2 atom stereocenters. The standard InChI is InChI=1S/C13H26N2O3/c1-6-18-10-7-13(17,12(10,2)3)9-14-11(16)8-15(4)5/h10,17H,6-9H2,1-5H3,(H,14,16)/t10-,13+/m1/s1. The normalized spacial score (nSPS) is 30.1. The zero-order valence-corrected chi connectivity index (χ0v) is 12.1. The van der Waals surface area contributed by atoms with Crippen molar-refractivity contribution in [2.45, 2.75) is 38.9 Å². The van der Waals surface area contributed by atoms with Gasteiger partial charge in [0, 0.05) is 25.0 Å². The maximum Gasteiger partial charge on any atom is 0.234 e. The number of rotatable bonds is 6. The minimum Gasteiger partial charge on any atom is -0.387 e. The van der Waals surface area contributed by atoms with E-state index in [1.807, 2.05) is 34.9 Å². The Balaban J connectivity index is 2.45. The molecule has 1 aliphatic rings. The van der Waals surface area contributed by atoms with Crippen molar-refractivity contribution in [3.05, 3.63) is 0 Å². The van der Waals surface area contributed by atoms with Crippen LogP contribution in [0.5, 0.6) is 0 Å². The van der Waals surface area contributed by atoms with Crippen LogP contribution in [0.15, 0.2) is 0 Å². The van der Waals surface area contributed by atoms with Gasteiger partial charge in [-0.25, -0.2) is 0 Å². The van der Waals surface area contributed by atoms with Crippen molar-refractivity contribution >= 4 is 5.91 Å². The van der Waals surface area contributed by atoms with Gasteiger partial charge in [0.1, 0.15) is 0 Å². The molecule has 0 aromatic carbocycles. The van der Waals surface area contributed by atoms with E-state index in [9.17, 15) is 9.90 Å². The van der Waals surface area contributed by atoms with Crippen LogP contribution in [0.3, 0.4) is 0 Å². The van der Waals surface area contributed by atoms with Crippen LogP contribution >= 0.6 is 0 Å². The molecule has 0 aromatic heterocycles. The fourth-order valence-corrected chi connectivity index (χ4v) is 2.35. The predicted octanol–water partition coefficient (Wildman–Crippen LogP) is 0.230. The van der Waals surface area contributed by atoms with Gasteiger partial charge in [0.15, 0.2) is 0 Å². The van der Waals surface area contributed by atoms with Crippen molar-refractivity contribution in [2.24, 2.45) is 5.41 Å². The number of nitrogens with zero attached hydrogens (tertiary/aromatic N) is 1. The summed E-state index contributed by atoms with van der Waals surface area (Å²) in [4.78, 5) is 13.4. The molecule has 1 rings (SSSR count). The summed E-state index contributed by atoms with van der Waals surface area (Å²) in [5.41, 5.74) is -1.19. The largest absolute Gasteiger partial charge is 0.387 e. The number of amides is 1. The molecule has 1 aliphatic carbocycles. The van der Waals surface area contributed by atoms with Gasteiger partial charge in [0.05, 0.1) is 18.2 Å². The average Bonchev–Trinajstić information content (AvgIpc) is 2.25. The Labute approximate surface area is 109 Å². The molecule has 0 saturated heterocycles. The minimum absolute atomic E-state index is 0.0657. The number of hydrogen-bond donors (Lipinski definition) is 2. The first kappa shape index (κ1) is 15.4. The number of ether oxygens (including phenoxy) is 1. The number of aliphatic hydroxyl groups is 1. The molecule has 0 spiro atoms. The van der Waals surface area contributed by atoms with Crippen molar-refractivity contribution in [1.29, 1.82) is 0 Å². The topological polar surface area (TPSA) is 61.8 Å². The molecular formula is C13H26N2O3. The summed E-state index contributed by atoms with van der Waals surface area (Å²) in [6, 6.07) is 0. The second-order valence-corrected chi connectivity index (χ2v) is 5.92. The van der Waals surface area contributed by atoms with E-state index in [0.29, 0.717) is 19.6 Å². The number of carbonyl (C=O) groups is 1. The molecule has 1 fully saturated rings. The molecule has 0 heterocycles. The highest BCUT2D eigenvalue weighted by Crippen LogP contribution is 2.50. The van der Waals surface area contributed by atoms with Crippen LogP contribution < -0.4 is 5.32 Å². The van der Waals surface area contributed by atoms with Crippen LogP contribution in [0.4, 0.5) is 0 Å². The third-order valence-electron chi connectivity index (χ3n) is 3.93. The molecule has 2 N–H and O–H groups in total. The first-order valence-electron chi connectivity index (χ1n) is 6.48. The van der Waals surface area contributed by atoms with E-state index < -0.39 is 5.60 Å². The molecule has 18 heavy (non-hydrogen) atoms. The van der Waals surface area contributed by atoms with Crippen molar-refractivity contribution in [3.8, 4) is 0 Å². The summed E-state index contributed by atoms with van der Waals surface area (Å²) in [6.07, 6.45) is 0.647. The average molecular weight is 258 g/mol. The summed E-state index contributed by atoms with van der Waals surface area (Å²) < 4.78 is 5.58. The van der Waals surface area contributed by atoms with Crippen molar-refractivity contribution in [3.63, 3.8) is 0 Å². The van der Waals surface area contributed by atoms with E-state index >= 15 is 0 Å². The Kier molecular flexibility index (Phi) is 4.75. The minimum atomic E-state index is -0.866. The first-order chi connectivity index (χ1) is 8.23. The van der Waals surface area contributed by atoms with Gasteiger partial charge in [0.25, 0.3) is 0 Å². The van der Waals surface area contributed by atoms with E-state index in [-0.39, 0.29) is 24.0 Å². The first-order valence-corrected chi connectivity index (χ1v) is 6.48. The van der Waals surface area contributed by atoms with Gasteiger partial charge >= 0.3 is 0 Å². The number of carbonyl (C=O) groups excluding carboxylic acids is 1. The number of hydrogen-bond acceptors (Lipinski definition) is 4. The van der Waals surface area contributed by atoms with Gasteiger partial charge < -0.3 is 20.1 Å². The SMILES string of the molecule is CCO[C@@H]1C[C@](O)(CNC(=O)CN(C)C)C1(C)C. The lowest BCUT2D eigenvalue weighted by molar-refractivity contribution is -0.238. The Hall–Kier alpha value is -0.650. The number of nitrogens with one attached hydrogen (secondary N) is 1. The molecular weight excluding hydrogens is 232 g/mol. The highest BCUT2D eigenvalue weighted by Gasteiger charge is 2.59. The predicted molar refractivity (Wildman–Crippen MR) is 70.3 cm³/mol. The molecule has 0 bridgehead atoms. The fourth-order valence-electron chi connectivity index (χ4n) is 2.35. The highest BCUT2D eigenvalue weighted by molar-refractivity contribution is 5.78. The molecule has 0 aromatic rings. The molecule has 0 aliphatic heterocycles. The van der Waals surface area contributed by atoms with E-state index in [0.717, 1.165) is 0 Å². The van der Waals surface area contributed by atoms with E-state index in [4.69, 9.17) is 4.74 Å². The second kappa shape index (κ2) is 5.55. The smallest absolute Gasteiger partial charge is 0.234 e. The van der Waals surface area contributed by atoms with Crippen LogP contribution in [0.1, 0.15) is 27.2 Å². The Morgan fingerprint density at radius 3 is 2.56 bits per heavy atom. The molecule has 0 radical (unpaired) electrons. The zero-order chi connectivity index (χ0) is 14.0. The van der Waals surface area contributed by atoms with Crippen LogP contribution in [0.2, 0.25) is 0 Å². The van der Waals surface area contributed by atoms with Crippen molar-refractivity contribution in [2.75, 3.05) is 33.8 Å². The molecule has 1 amide bonds. The third kappa shape index (κ3) is 3.02. The molecule has 1 saturated carbocycles. The fraction of sp³-hybridized carbons (Fsp3) is 0.923. The molecule has 5 nitrogen and oxygen atoms in total. The van der Waals surface area contributed by atoms with E-state index in [1.54, 1.807) is 4.90 Å². The van der Waals surface area contributed by atoms with Crippen LogP contribution in [0, 0.1) is 5.41 Å².